The quantitative estimate of drug-likeness (QED) is 0.745. The molecule has 2 aliphatic heterocycles. The van der Waals surface area contributed by atoms with Crippen LogP contribution in [0.3, 0.4) is 0 Å². The molecule has 0 saturated carbocycles. The Bertz CT molecular complexity index is 1330. The number of allylic oxidation sites excluding steroid dienone is 2. The average molecular weight is 455 g/mol. The summed E-state index contributed by atoms with van der Waals surface area (Å²) in [7, 11) is -1.77. The molecule has 0 spiro atoms. The highest BCUT2D eigenvalue weighted by molar-refractivity contribution is 7.90. The summed E-state index contributed by atoms with van der Waals surface area (Å²) in [5.74, 6) is -0.293. The Morgan fingerprint density at radius 2 is 2.00 bits per heavy atom. The molecule has 0 radical (unpaired) electrons. The van der Waals surface area contributed by atoms with Crippen molar-refractivity contribution in [2.45, 2.75) is 19.5 Å². The summed E-state index contributed by atoms with van der Waals surface area (Å²) in [6, 6.07) is 5.98. The first kappa shape index (κ1) is 20.6. The number of aromatic nitrogens is 1. The number of nitrogens with one attached hydrogen (secondary N) is 1. The molecule has 32 heavy (non-hydrogen) atoms. The van der Waals surface area contributed by atoms with Crippen molar-refractivity contribution < 1.29 is 17.9 Å². The van der Waals surface area contributed by atoms with Crippen LogP contribution in [0.4, 0.5) is 10.1 Å². The van der Waals surface area contributed by atoms with E-state index in [0.717, 1.165) is 28.1 Å². The minimum atomic E-state index is -3.58. The normalized spacial score (nSPS) is 20.8. The number of nitrogens with zero attached hydrogens (tertiary/aromatic N) is 3. The first-order chi connectivity index (χ1) is 15.3. The monoisotopic (exact) mass is 454 g/mol. The van der Waals surface area contributed by atoms with Gasteiger partial charge in [0.25, 0.3) is 10.0 Å². The number of rotatable bonds is 3. The van der Waals surface area contributed by atoms with Crippen molar-refractivity contribution in [3.8, 4) is 5.88 Å². The molecule has 0 bridgehead atoms. The van der Waals surface area contributed by atoms with Crippen molar-refractivity contribution in [3.05, 3.63) is 71.3 Å². The summed E-state index contributed by atoms with van der Waals surface area (Å²) in [5.41, 5.74) is 5.44. The fourth-order valence-corrected chi connectivity index (χ4v) is 5.10. The average Bonchev–Trinajstić information content (AvgIpc) is 2.94. The molecule has 3 heterocycles. The molecule has 166 valence electrons. The van der Waals surface area contributed by atoms with Gasteiger partial charge in [0.1, 0.15) is 5.82 Å². The first-order valence-corrected chi connectivity index (χ1v) is 12.0. The molecule has 1 aliphatic carbocycles. The smallest absolute Gasteiger partial charge is 0.253 e. The lowest BCUT2D eigenvalue weighted by Gasteiger charge is -2.33. The van der Waals surface area contributed by atoms with Crippen LogP contribution < -0.4 is 10.2 Å². The van der Waals surface area contributed by atoms with Gasteiger partial charge >= 0.3 is 0 Å². The van der Waals surface area contributed by atoms with Gasteiger partial charge in [-0.25, -0.2) is 12.8 Å². The number of fused-ring (bicyclic) bond motifs is 2. The number of benzene rings is 1. The van der Waals surface area contributed by atoms with Crippen LogP contribution in [-0.2, 0) is 23.6 Å². The second-order valence-corrected chi connectivity index (χ2v) is 9.95. The lowest BCUT2D eigenvalue weighted by Crippen LogP contribution is -2.36. The minimum absolute atomic E-state index is 0.0941. The lowest BCUT2D eigenvalue weighted by molar-refractivity contribution is 0.426. The van der Waals surface area contributed by atoms with Crippen LogP contribution in [0.5, 0.6) is 5.88 Å². The summed E-state index contributed by atoms with van der Waals surface area (Å²) < 4.78 is 43.6. The summed E-state index contributed by atoms with van der Waals surface area (Å²) >= 11 is 0. The highest BCUT2D eigenvalue weighted by atomic mass is 32.2. The summed E-state index contributed by atoms with van der Waals surface area (Å²) in [6.45, 7) is 2.64. The van der Waals surface area contributed by atoms with Crippen LogP contribution in [0.15, 0.2) is 53.1 Å². The largest absolute Gasteiger partial charge is 0.494 e. The van der Waals surface area contributed by atoms with Crippen molar-refractivity contribution in [2.75, 3.05) is 17.2 Å². The maximum absolute atomic E-state index is 13.6. The third-order valence-corrected chi connectivity index (χ3v) is 7.37. The van der Waals surface area contributed by atoms with E-state index < -0.39 is 10.0 Å². The topological polar surface area (TPSA) is 86.9 Å². The SMILES string of the molecule is CCS(=O)(=O)N=C1C=CC2C(=C1)c1c3c(n(C)c1O)CNC=C3CN2c1ccc(F)cc1. The Morgan fingerprint density at radius 3 is 2.72 bits per heavy atom. The van der Waals surface area contributed by atoms with Crippen LogP contribution in [-0.4, -0.2) is 42.1 Å². The third kappa shape index (κ3) is 3.24. The number of hydrogen-bond acceptors (Lipinski definition) is 5. The Balaban J connectivity index is 1.75. The van der Waals surface area contributed by atoms with E-state index in [9.17, 15) is 17.9 Å². The van der Waals surface area contributed by atoms with E-state index >= 15 is 0 Å². The fraction of sp³-hybridized carbons (Fsp3) is 0.261. The van der Waals surface area contributed by atoms with Crippen LogP contribution in [0.25, 0.3) is 11.1 Å². The summed E-state index contributed by atoms with van der Waals surface area (Å²) in [6.07, 6.45) is 7.24. The van der Waals surface area contributed by atoms with Crippen LogP contribution in [0.1, 0.15) is 23.7 Å². The van der Waals surface area contributed by atoms with Crippen LogP contribution >= 0.6 is 0 Å². The maximum Gasteiger partial charge on any atom is 0.253 e. The van der Waals surface area contributed by atoms with Gasteiger partial charge in [-0.05, 0) is 54.5 Å². The third-order valence-electron chi connectivity index (χ3n) is 6.16. The van der Waals surface area contributed by atoms with Gasteiger partial charge in [0.15, 0.2) is 5.88 Å². The molecule has 0 saturated heterocycles. The number of anilines is 1. The summed E-state index contributed by atoms with van der Waals surface area (Å²) in [4.78, 5) is 2.11. The number of halogens is 1. The summed E-state index contributed by atoms with van der Waals surface area (Å²) in [5, 5.41) is 14.4. The zero-order valence-electron chi connectivity index (χ0n) is 17.7. The van der Waals surface area contributed by atoms with Gasteiger partial charge < -0.3 is 19.9 Å². The first-order valence-electron chi connectivity index (χ1n) is 10.4. The molecule has 0 fully saturated rings. The van der Waals surface area contributed by atoms with Gasteiger partial charge in [0.05, 0.1) is 24.1 Å². The van der Waals surface area contributed by atoms with E-state index in [2.05, 4.69) is 14.6 Å². The van der Waals surface area contributed by atoms with Crippen molar-refractivity contribution in [3.63, 3.8) is 0 Å². The van der Waals surface area contributed by atoms with Crippen LogP contribution in [0.2, 0.25) is 0 Å². The van der Waals surface area contributed by atoms with Gasteiger partial charge in [-0.2, -0.15) is 4.40 Å². The number of sulfonamides is 1. The molecule has 1 aromatic heterocycles. The Labute approximate surface area is 185 Å². The predicted molar refractivity (Wildman–Crippen MR) is 123 cm³/mol. The van der Waals surface area contributed by atoms with Crippen molar-refractivity contribution in [2.24, 2.45) is 11.4 Å². The van der Waals surface area contributed by atoms with Gasteiger partial charge in [-0.15, -0.1) is 0 Å². The Hall–Kier alpha value is -3.33. The predicted octanol–water partition coefficient (Wildman–Crippen LogP) is 2.95. The molecular weight excluding hydrogens is 431 g/mol. The van der Waals surface area contributed by atoms with Gasteiger partial charge in [-0.1, -0.05) is 6.08 Å². The molecule has 1 unspecified atom stereocenters. The zero-order valence-corrected chi connectivity index (χ0v) is 18.5. The zero-order chi connectivity index (χ0) is 22.6. The Morgan fingerprint density at radius 1 is 1.25 bits per heavy atom. The molecule has 3 aliphatic rings. The minimum Gasteiger partial charge on any atom is -0.494 e. The lowest BCUT2D eigenvalue weighted by atomic mass is 9.90. The van der Waals surface area contributed by atoms with Gasteiger partial charge in [0.2, 0.25) is 0 Å². The van der Waals surface area contributed by atoms with E-state index in [0.29, 0.717) is 24.4 Å². The van der Waals surface area contributed by atoms with E-state index in [4.69, 9.17) is 0 Å². The van der Waals surface area contributed by atoms with E-state index in [-0.39, 0.29) is 23.5 Å². The van der Waals surface area contributed by atoms with Crippen molar-refractivity contribution in [1.82, 2.24) is 9.88 Å². The molecular formula is C23H23FN4O3S. The molecule has 2 N–H and O–H groups in total. The maximum atomic E-state index is 13.6. The number of aromatic hydroxyl groups is 1. The molecule has 2 aromatic rings. The van der Waals surface area contributed by atoms with Gasteiger partial charge in [-0.3, -0.25) is 0 Å². The molecule has 1 aromatic carbocycles. The molecule has 5 rings (SSSR count). The van der Waals surface area contributed by atoms with E-state index in [1.807, 2.05) is 19.3 Å². The second-order valence-electron chi connectivity index (χ2n) is 8.02. The highest BCUT2D eigenvalue weighted by Gasteiger charge is 2.37. The molecule has 1 atom stereocenters. The molecule has 9 heteroatoms. The highest BCUT2D eigenvalue weighted by Crippen LogP contribution is 2.46. The number of hydrogen-bond donors (Lipinski definition) is 2. The standard InChI is InChI=1S/C23H23FN4O3S/c1-3-32(30,31)26-16-6-9-19-18(10-16)22-21-14(11-25-12-20(21)27(2)23(22)29)13-28(19)17-7-4-15(24)5-8-17/h4-11,19,25,29H,3,12-13H2,1-2H3. The second kappa shape index (κ2) is 7.37. The fourth-order valence-electron chi connectivity index (χ4n) is 4.54. The van der Waals surface area contributed by atoms with Crippen LogP contribution in [0, 0.1) is 5.82 Å². The van der Waals surface area contributed by atoms with E-state index in [1.54, 1.807) is 35.8 Å². The molecule has 7 nitrogen and oxygen atoms in total. The van der Waals surface area contributed by atoms with Crippen molar-refractivity contribution >= 4 is 32.6 Å². The molecule has 0 amide bonds. The Kier molecular flexibility index (Phi) is 4.74. The van der Waals surface area contributed by atoms with E-state index in [1.165, 1.54) is 12.1 Å². The van der Waals surface area contributed by atoms with Gasteiger partial charge in [0, 0.05) is 42.3 Å². The van der Waals surface area contributed by atoms with Crippen molar-refractivity contribution in [1.29, 1.82) is 0 Å².